The molecule has 27 heavy (non-hydrogen) atoms. The van der Waals surface area contributed by atoms with Gasteiger partial charge in [-0.25, -0.2) is 4.90 Å². The van der Waals surface area contributed by atoms with E-state index in [4.69, 9.17) is 16.3 Å². The third-order valence-corrected chi connectivity index (χ3v) is 5.98. The molecule has 3 atom stereocenters. The molecule has 5 nitrogen and oxygen atoms in total. The molecule has 1 aliphatic carbocycles. The van der Waals surface area contributed by atoms with Crippen molar-refractivity contribution in [3.05, 3.63) is 63.6 Å². The normalized spacial score (nSPS) is 26.1. The number of hydrogen-bond donors (Lipinski definition) is 0. The van der Waals surface area contributed by atoms with Crippen LogP contribution in [0.5, 0.6) is 0 Å². The second kappa shape index (κ2) is 6.46. The topological polar surface area (TPSA) is 63.7 Å². The van der Waals surface area contributed by atoms with Gasteiger partial charge in [0.1, 0.15) is 5.41 Å². The van der Waals surface area contributed by atoms with Crippen LogP contribution in [0.25, 0.3) is 0 Å². The number of rotatable bonds is 4. The Kier molecular flexibility index (Phi) is 4.35. The predicted molar refractivity (Wildman–Crippen MR) is 103 cm³/mol. The fourth-order valence-corrected chi connectivity index (χ4v) is 4.40. The molecule has 0 aromatic heterocycles. The lowest BCUT2D eigenvalue weighted by Gasteiger charge is -2.22. The van der Waals surface area contributed by atoms with Crippen LogP contribution >= 0.6 is 27.5 Å². The Morgan fingerprint density at radius 2 is 1.78 bits per heavy atom. The van der Waals surface area contributed by atoms with Crippen LogP contribution in [0.3, 0.4) is 0 Å². The molecule has 1 aliphatic heterocycles. The third-order valence-electron chi connectivity index (χ3n) is 5.20. The molecule has 1 heterocycles. The van der Waals surface area contributed by atoms with E-state index in [1.807, 2.05) is 0 Å². The largest absolute Gasteiger partial charge is 0.466 e. The molecule has 2 fully saturated rings. The summed E-state index contributed by atoms with van der Waals surface area (Å²) >= 11 is 9.31. The number of piperidine rings is 1. The Morgan fingerprint density at radius 3 is 2.37 bits per heavy atom. The molecule has 7 heteroatoms. The first kappa shape index (κ1) is 18.2. The SMILES string of the molecule is CCOC(=O)[C@@H]1[C@H]2C(=O)N(c3ccc(Br)cc3)C(=O)[C@]12c1ccc(Cl)cc1. The van der Waals surface area contributed by atoms with E-state index in [0.29, 0.717) is 16.3 Å². The van der Waals surface area contributed by atoms with E-state index >= 15 is 0 Å². The van der Waals surface area contributed by atoms with Crippen molar-refractivity contribution in [1.29, 1.82) is 0 Å². The lowest BCUT2D eigenvalue weighted by atomic mass is 9.91. The molecule has 0 bridgehead atoms. The van der Waals surface area contributed by atoms with Crippen LogP contribution in [0.1, 0.15) is 12.5 Å². The van der Waals surface area contributed by atoms with Gasteiger partial charge in [-0.2, -0.15) is 0 Å². The molecule has 4 rings (SSSR count). The Balaban J connectivity index is 1.80. The Morgan fingerprint density at radius 1 is 1.15 bits per heavy atom. The number of benzene rings is 2. The van der Waals surface area contributed by atoms with Crippen LogP contribution in [0.15, 0.2) is 53.0 Å². The molecule has 0 unspecified atom stereocenters. The van der Waals surface area contributed by atoms with Gasteiger partial charge in [0.25, 0.3) is 0 Å². The molecule has 2 aromatic carbocycles. The minimum absolute atomic E-state index is 0.192. The highest BCUT2D eigenvalue weighted by atomic mass is 79.9. The van der Waals surface area contributed by atoms with Crippen molar-refractivity contribution in [2.45, 2.75) is 12.3 Å². The molecule has 1 saturated carbocycles. The number of nitrogens with zero attached hydrogens (tertiary/aromatic N) is 1. The second-order valence-corrected chi connectivity index (χ2v) is 7.89. The summed E-state index contributed by atoms with van der Waals surface area (Å²) < 4.78 is 5.97. The average molecular weight is 449 g/mol. The number of halogens is 2. The summed E-state index contributed by atoms with van der Waals surface area (Å²) in [4.78, 5) is 40.1. The Labute approximate surface area is 169 Å². The molecule has 0 radical (unpaired) electrons. The summed E-state index contributed by atoms with van der Waals surface area (Å²) in [6, 6.07) is 13.6. The highest BCUT2D eigenvalue weighted by Crippen LogP contribution is 2.66. The fourth-order valence-electron chi connectivity index (χ4n) is 4.01. The summed E-state index contributed by atoms with van der Waals surface area (Å²) in [5.41, 5.74) is -0.134. The van der Waals surface area contributed by atoms with E-state index in [9.17, 15) is 14.4 Å². The summed E-state index contributed by atoms with van der Waals surface area (Å²) in [5, 5.41) is 0.515. The quantitative estimate of drug-likeness (QED) is 0.528. The van der Waals surface area contributed by atoms with E-state index in [0.717, 1.165) is 4.47 Å². The van der Waals surface area contributed by atoms with Crippen LogP contribution < -0.4 is 4.90 Å². The van der Waals surface area contributed by atoms with E-state index in [2.05, 4.69) is 15.9 Å². The number of ether oxygens (including phenoxy) is 1. The summed E-state index contributed by atoms with van der Waals surface area (Å²) in [6.07, 6.45) is 0. The van der Waals surface area contributed by atoms with Crippen LogP contribution in [-0.2, 0) is 24.5 Å². The Hall–Kier alpha value is -2.18. The number of hydrogen-bond acceptors (Lipinski definition) is 4. The lowest BCUT2D eigenvalue weighted by Crippen LogP contribution is -2.40. The van der Waals surface area contributed by atoms with Gasteiger partial charge in [0, 0.05) is 9.50 Å². The first-order valence-electron chi connectivity index (χ1n) is 8.49. The average Bonchev–Trinajstić information content (AvgIpc) is 3.29. The second-order valence-electron chi connectivity index (χ2n) is 6.54. The zero-order valence-electron chi connectivity index (χ0n) is 14.3. The van der Waals surface area contributed by atoms with Gasteiger partial charge in [0.05, 0.1) is 24.1 Å². The standard InChI is InChI=1S/C20H15BrClNO4/c1-2-27-18(25)16-15-17(24)23(14-9-5-12(21)6-10-14)19(26)20(15,16)11-3-7-13(22)8-4-11/h3-10,15-16H,2H2,1H3/t15-,16-,20-/m0/s1. The van der Waals surface area contributed by atoms with Gasteiger partial charge in [0.15, 0.2) is 0 Å². The van der Waals surface area contributed by atoms with Crippen molar-refractivity contribution in [2.75, 3.05) is 11.5 Å². The van der Waals surface area contributed by atoms with Gasteiger partial charge in [-0.1, -0.05) is 39.7 Å². The fraction of sp³-hybridized carbons (Fsp3) is 0.250. The number of carbonyl (C=O) groups excluding carboxylic acids is 3. The lowest BCUT2D eigenvalue weighted by molar-refractivity contribution is -0.147. The third kappa shape index (κ3) is 2.54. The van der Waals surface area contributed by atoms with Crippen LogP contribution in [0.2, 0.25) is 5.02 Å². The molecule has 0 spiro atoms. The Bertz CT molecular complexity index is 943. The van der Waals surface area contributed by atoms with Crippen molar-refractivity contribution in [3.8, 4) is 0 Å². The predicted octanol–water partition coefficient (Wildman–Crippen LogP) is 3.72. The van der Waals surface area contributed by atoms with Crippen molar-refractivity contribution in [1.82, 2.24) is 0 Å². The number of fused-ring (bicyclic) bond motifs is 1. The van der Waals surface area contributed by atoms with Crippen molar-refractivity contribution >= 4 is 51.0 Å². The highest BCUT2D eigenvalue weighted by Gasteiger charge is 2.83. The zero-order chi connectivity index (χ0) is 19.3. The smallest absolute Gasteiger partial charge is 0.311 e. The maximum absolute atomic E-state index is 13.4. The maximum atomic E-state index is 13.4. The van der Waals surface area contributed by atoms with Crippen LogP contribution in [0, 0.1) is 11.8 Å². The number of imide groups is 1. The molecule has 1 saturated heterocycles. The molecule has 2 aliphatic rings. The first-order chi connectivity index (χ1) is 12.9. The summed E-state index contributed by atoms with van der Waals surface area (Å²) in [7, 11) is 0. The number of carbonyl (C=O) groups is 3. The molecule has 2 aromatic rings. The van der Waals surface area contributed by atoms with Gasteiger partial charge in [0.2, 0.25) is 11.8 Å². The van der Waals surface area contributed by atoms with Gasteiger partial charge < -0.3 is 4.74 Å². The van der Waals surface area contributed by atoms with E-state index in [1.165, 1.54) is 4.90 Å². The molecule has 138 valence electrons. The molecule has 2 amide bonds. The van der Waals surface area contributed by atoms with Gasteiger partial charge in [-0.15, -0.1) is 0 Å². The van der Waals surface area contributed by atoms with Crippen molar-refractivity contribution in [3.63, 3.8) is 0 Å². The van der Waals surface area contributed by atoms with E-state index in [1.54, 1.807) is 55.5 Å². The van der Waals surface area contributed by atoms with Gasteiger partial charge in [-0.05, 0) is 48.9 Å². The minimum Gasteiger partial charge on any atom is -0.466 e. The molecular formula is C20H15BrClNO4. The van der Waals surface area contributed by atoms with E-state index in [-0.39, 0.29) is 12.5 Å². The van der Waals surface area contributed by atoms with Crippen molar-refractivity contribution < 1.29 is 19.1 Å². The first-order valence-corrected chi connectivity index (χ1v) is 9.66. The van der Waals surface area contributed by atoms with Crippen LogP contribution in [0.4, 0.5) is 5.69 Å². The van der Waals surface area contributed by atoms with Gasteiger partial charge in [-0.3, -0.25) is 14.4 Å². The van der Waals surface area contributed by atoms with E-state index < -0.39 is 29.1 Å². The number of anilines is 1. The highest BCUT2D eigenvalue weighted by molar-refractivity contribution is 9.10. The van der Waals surface area contributed by atoms with Crippen LogP contribution in [-0.4, -0.2) is 24.4 Å². The van der Waals surface area contributed by atoms with Gasteiger partial charge >= 0.3 is 5.97 Å². The zero-order valence-corrected chi connectivity index (χ0v) is 16.7. The maximum Gasteiger partial charge on any atom is 0.311 e. The number of amides is 2. The summed E-state index contributed by atoms with van der Waals surface area (Å²) in [6.45, 7) is 1.89. The molecular weight excluding hydrogens is 434 g/mol. The monoisotopic (exact) mass is 447 g/mol. The summed E-state index contributed by atoms with van der Waals surface area (Å²) in [5.74, 6) is -2.86. The minimum atomic E-state index is -1.22. The van der Waals surface area contributed by atoms with Crippen molar-refractivity contribution in [2.24, 2.45) is 11.8 Å². The number of esters is 1. The molecule has 0 N–H and O–H groups in total.